The molecule has 9 heteroatoms. The number of nitrogens with one attached hydrogen (secondary N) is 2. The quantitative estimate of drug-likeness (QED) is 0.444. The Morgan fingerprint density at radius 2 is 1.95 bits per heavy atom. The Labute approximate surface area is 136 Å². The number of nitro benzene ring substituents is 1. The standard InChI is InChI=1S/C12H11Br2N3O4/c1-11(6-12(11,13)14)10(19)16-15-9(18)7-3-2-4-8(5-7)17(20)21/h2-5H,6H2,1H3,(H,15,18)(H,16,19)/t11-/m0/s1. The number of non-ortho nitro benzene ring substituents is 1. The van der Waals surface area contributed by atoms with Crippen LogP contribution in [0.3, 0.4) is 0 Å². The number of hydrogen-bond acceptors (Lipinski definition) is 4. The molecule has 0 saturated heterocycles. The number of hydrazine groups is 1. The number of nitro groups is 1. The minimum atomic E-state index is -0.664. The molecule has 0 aromatic heterocycles. The molecule has 2 amide bonds. The van der Waals surface area contributed by atoms with Gasteiger partial charge in [-0.2, -0.15) is 0 Å². The number of nitrogens with zero attached hydrogens (tertiary/aromatic N) is 1. The second kappa shape index (κ2) is 5.38. The fourth-order valence-corrected chi connectivity index (χ4v) is 3.21. The molecular formula is C12H11Br2N3O4. The highest BCUT2D eigenvalue weighted by Crippen LogP contribution is 2.66. The van der Waals surface area contributed by atoms with Gasteiger partial charge in [-0.15, -0.1) is 0 Å². The van der Waals surface area contributed by atoms with E-state index in [2.05, 4.69) is 42.7 Å². The summed E-state index contributed by atoms with van der Waals surface area (Å²) >= 11 is 6.71. The van der Waals surface area contributed by atoms with Crippen molar-refractivity contribution in [1.82, 2.24) is 10.9 Å². The van der Waals surface area contributed by atoms with Crippen molar-refractivity contribution in [2.45, 2.75) is 16.6 Å². The van der Waals surface area contributed by atoms with Crippen molar-refractivity contribution < 1.29 is 14.5 Å². The first kappa shape index (κ1) is 15.9. The van der Waals surface area contributed by atoms with Gasteiger partial charge in [-0.3, -0.25) is 30.6 Å². The molecule has 0 heterocycles. The van der Waals surface area contributed by atoms with Crippen LogP contribution in [0.4, 0.5) is 5.69 Å². The van der Waals surface area contributed by atoms with Crippen molar-refractivity contribution in [2.75, 3.05) is 0 Å². The predicted molar refractivity (Wildman–Crippen MR) is 82.0 cm³/mol. The summed E-state index contributed by atoms with van der Waals surface area (Å²) in [5, 5.41) is 10.6. The molecule has 0 aliphatic heterocycles. The normalized spacial score (nSPS) is 22.2. The number of alkyl halides is 2. The summed E-state index contributed by atoms with van der Waals surface area (Å²) in [6, 6.07) is 5.25. The van der Waals surface area contributed by atoms with E-state index in [9.17, 15) is 19.7 Å². The van der Waals surface area contributed by atoms with Gasteiger partial charge in [0, 0.05) is 17.7 Å². The van der Waals surface area contributed by atoms with E-state index in [1.807, 2.05) is 0 Å². The summed E-state index contributed by atoms with van der Waals surface area (Å²) in [6.45, 7) is 1.74. The topological polar surface area (TPSA) is 101 Å². The van der Waals surface area contributed by atoms with Crippen molar-refractivity contribution in [3.05, 3.63) is 39.9 Å². The lowest BCUT2D eigenvalue weighted by Crippen LogP contribution is -2.45. The lowest BCUT2D eigenvalue weighted by molar-refractivity contribution is -0.384. The SMILES string of the molecule is C[C@@]1(C(=O)NNC(=O)c2cccc([N+](=O)[O-])c2)CC1(Br)Br. The minimum absolute atomic E-state index is 0.0920. The molecule has 21 heavy (non-hydrogen) atoms. The summed E-state index contributed by atoms with van der Waals surface area (Å²) in [7, 11) is 0. The fraction of sp³-hybridized carbons (Fsp3) is 0.333. The molecule has 2 N–H and O–H groups in total. The van der Waals surface area contributed by atoms with Crippen molar-refractivity contribution in [2.24, 2.45) is 5.41 Å². The number of halogens is 2. The number of carbonyl (C=O) groups is 2. The molecule has 1 aromatic rings. The first-order valence-corrected chi connectivity index (χ1v) is 7.49. The van der Waals surface area contributed by atoms with Crippen LogP contribution in [0.25, 0.3) is 0 Å². The number of hydrogen-bond donors (Lipinski definition) is 2. The van der Waals surface area contributed by atoms with Crippen LogP contribution in [-0.2, 0) is 4.79 Å². The molecular weight excluding hydrogens is 410 g/mol. The van der Waals surface area contributed by atoms with Crippen molar-refractivity contribution in [3.8, 4) is 0 Å². The molecule has 1 fully saturated rings. The third kappa shape index (κ3) is 3.08. The molecule has 1 aromatic carbocycles. The third-order valence-electron chi connectivity index (χ3n) is 3.37. The van der Waals surface area contributed by atoms with E-state index >= 15 is 0 Å². The maximum atomic E-state index is 12.0. The van der Waals surface area contributed by atoms with Gasteiger partial charge in [-0.25, -0.2) is 0 Å². The number of amides is 2. The zero-order chi connectivity index (χ0) is 15.8. The highest BCUT2D eigenvalue weighted by Gasteiger charge is 2.66. The predicted octanol–water partition coefficient (Wildman–Crippen LogP) is 2.25. The summed E-state index contributed by atoms with van der Waals surface area (Å²) in [6.07, 6.45) is 0.582. The van der Waals surface area contributed by atoms with Crippen LogP contribution in [0.15, 0.2) is 24.3 Å². The maximum Gasteiger partial charge on any atom is 0.270 e. The molecule has 1 aliphatic carbocycles. The number of carbonyl (C=O) groups excluding carboxylic acids is 2. The molecule has 2 rings (SSSR count). The van der Waals surface area contributed by atoms with Crippen LogP contribution in [0, 0.1) is 15.5 Å². The largest absolute Gasteiger partial charge is 0.273 e. The summed E-state index contributed by atoms with van der Waals surface area (Å²) in [5.41, 5.74) is 3.80. The molecule has 1 aliphatic rings. The number of benzene rings is 1. The monoisotopic (exact) mass is 419 g/mol. The van der Waals surface area contributed by atoms with E-state index in [-0.39, 0.29) is 17.2 Å². The molecule has 112 valence electrons. The van der Waals surface area contributed by atoms with Crippen molar-refractivity contribution in [1.29, 1.82) is 0 Å². The second-order valence-electron chi connectivity index (χ2n) is 4.93. The highest BCUT2D eigenvalue weighted by molar-refractivity contribution is 9.25. The van der Waals surface area contributed by atoms with Gasteiger partial charge in [0.15, 0.2) is 0 Å². The molecule has 0 unspecified atom stereocenters. The van der Waals surface area contributed by atoms with Gasteiger partial charge in [0.05, 0.1) is 13.6 Å². The van der Waals surface area contributed by atoms with Crippen LogP contribution in [0.2, 0.25) is 0 Å². The fourth-order valence-electron chi connectivity index (χ4n) is 1.73. The van der Waals surface area contributed by atoms with Gasteiger partial charge in [0.25, 0.3) is 11.6 Å². The second-order valence-corrected chi connectivity index (χ2v) is 8.70. The first-order chi connectivity index (χ1) is 9.67. The molecule has 0 bridgehead atoms. The van der Waals surface area contributed by atoms with Gasteiger partial charge in [0.2, 0.25) is 5.91 Å². The summed E-state index contributed by atoms with van der Waals surface area (Å²) in [5.74, 6) is -0.971. The van der Waals surface area contributed by atoms with E-state index in [1.54, 1.807) is 6.92 Å². The molecule has 1 saturated carbocycles. The van der Waals surface area contributed by atoms with E-state index in [0.717, 1.165) is 6.07 Å². The van der Waals surface area contributed by atoms with Crippen LogP contribution >= 0.6 is 31.9 Å². The van der Waals surface area contributed by atoms with E-state index < -0.39 is 19.5 Å². The average molecular weight is 421 g/mol. The minimum Gasteiger partial charge on any atom is -0.273 e. The maximum absolute atomic E-state index is 12.0. The summed E-state index contributed by atoms with van der Waals surface area (Å²) in [4.78, 5) is 33.9. The smallest absolute Gasteiger partial charge is 0.270 e. The Hall–Kier alpha value is -1.48. The Morgan fingerprint density at radius 3 is 2.48 bits per heavy atom. The first-order valence-electron chi connectivity index (χ1n) is 5.90. The molecule has 0 spiro atoms. The highest BCUT2D eigenvalue weighted by atomic mass is 79.9. The van der Waals surface area contributed by atoms with Crippen LogP contribution < -0.4 is 10.9 Å². The van der Waals surface area contributed by atoms with E-state index in [4.69, 9.17) is 0 Å². The Morgan fingerprint density at radius 1 is 1.33 bits per heavy atom. The third-order valence-corrected chi connectivity index (χ3v) is 5.68. The summed E-state index contributed by atoms with van der Waals surface area (Å²) < 4.78 is -0.465. The van der Waals surface area contributed by atoms with Gasteiger partial charge >= 0.3 is 0 Å². The van der Waals surface area contributed by atoms with Gasteiger partial charge in [0.1, 0.15) is 0 Å². The van der Waals surface area contributed by atoms with Gasteiger partial charge in [-0.05, 0) is 19.4 Å². The van der Waals surface area contributed by atoms with Crippen LogP contribution in [0.5, 0.6) is 0 Å². The van der Waals surface area contributed by atoms with Gasteiger partial charge < -0.3 is 0 Å². The zero-order valence-electron chi connectivity index (χ0n) is 10.9. The Balaban J connectivity index is 1.98. The lowest BCUT2D eigenvalue weighted by atomic mass is 10.1. The lowest BCUT2D eigenvalue weighted by Gasteiger charge is -2.13. The number of rotatable bonds is 3. The van der Waals surface area contributed by atoms with Crippen LogP contribution in [-0.4, -0.2) is 20.0 Å². The molecule has 0 radical (unpaired) electrons. The van der Waals surface area contributed by atoms with Crippen molar-refractivity contribution in [3.63, 3.8) is 0 Å². The molecule has 1 atom stereocenters. The molecule has 7 nitrogen and oxygen atoms in total. The Bertz CT molecular complexity index is 635. The van der Waals surface area contributed by atoms with Crippen molar-refractivity contribution >= 4 is 49.4 Å². The van der Waals surface area contributed by atoms with Gasteiger partial charge in [-0.1, -0.05) is 37.9 Å². The van der Waals surface area contributed by atoms with E-state index in [0.29, 0.717) is 6.42 Å². The average Bonchev–Trinajstić information content (AvgIpc) is 2.96. The van der Waals surface area contributed by atoms with E-state index in [1.165, 1.54) is 18.2 Å². The van der Waals surface area contributed by atoms with Crippen LogP contribution in [0.1, 0.15) is 23.7 Å². The zero-order valence-corrected chi connectivity index (χ0v) is 14.0. The Kier molecular flexibility index (Phi) is 4.07.